The van der Waals surface area contributed by atoms with E-state index < -0.39 is 50.0 Å². The first kappa shape index (κ1) is 18.8. The lowest BCUT2D eigenvalue weighted by atomic mass is 10.1. The van der Waals surface area contributed by atoms with Gasteiger partial charge in [0.2, 0.25) is 0 Å². The number of rotatable bonds is 7. The minimum atomic E-state index is -1.30. The van der Waals surface area contributed by atoms with Gasteiger partial charge in [-0.25, -0.2) is 15.0 Å². The molecule has 26 heavy (non-hydrogen) atoms. The summed E-state index contributed by atoms with van der Waals surface area (Å²) in [6.45, 7) is -1.12. The van der Waals surface area contributed by atoms with E-state index in [-0.39, 0.29) is 12.4 Å². The predicted molar refractivity (Wildman–Crippen MR) is 85.9 cm³/mol. The first-order valence-electron chi connectivity index (χ1n) is 7.98. The van der Waals surface area contributed by atoms with E-state index in [0.717, 1.165) is 0 Å². The number of hydrogen-bond donors (Lipinski definition) is 7. The summed E-state index contributed by atoms with van der Waals surface area (Å²) in [5.74, 6) is 0.268. The maximum Gasteiger partial charge on any atom is 0.167 e. The Kier molecular flexibility index (Phi) is 5.62. The molecule has 0 radical (unpaired) electrons. The molecule has 7 N–H and O–H groups in total. The van der Waals surface area contributed by atoms with Gasteiger partial charge in [0.05, 0.1) is 25.6 Å². The van der Waals surface area contributed by atoms with Crippen LogP contribution in [-0.2, 0) is 4.74 Å². The number of imidazole rings is 1. The average molecular weight is 371 g/mol. The van der Waals surface area contributed by atoms with Crippen molar-refractivity contribution in [2.24, 2.45) is 0 Å². The van der Waals surface area contributed by atoms with Crippen molar-refractivity contribution in [2.45, 2.75) is 36.7 Å². The van der Waals surface area contributed by atoms with Gasteiger partial charge in [-0.1, -0.05) is 0 Å². The third kappa shape index (κ3) is 3.35. The van der Waals surface area contributed by atoms with Gasteiger partial charge in [0.1, 0.15) is 30.7 Å². The smallest absolute Gasteiger partial charge is 0.167 e. The molecule has 144 valence electrons. The lowest BCUT2D eigenvalue weighted by molar-refractivity contribution is -0.0511. The van der Waals surface area contributed by atoms with Crippen molar-refractivity contribution in [2.75, 3.05) is 25.1 Å². The van der Waals surface area contributed by atoms with E-state index in [1.807, 2.05) is 0 Å². The fourth-order valence-electron chi connectivity index (χ4n) is 2.74. The Labute approximate surface area is 147 Å². The lowest BCUT2D eigenvalue weighted by Gasteiger charge is -2.17. The molecule has 2 aromatic heterocycles. The molecular formula is C14H21N5O7. The van der Waals surface area contributed by atoms with Crippen LogP contribution in [0.2, 0.25) is 0 Å². The van der Waals surface area contributed by atoms with Gasteiger partial charge in [-0.15, -0.1) is 0 Å². The normalized spacial score (nSPS) is 28.4. The zero-order valence-electron chi connectivity index (χ0n) is 13.6. The summed E-state index contributed by atoms with van der Waals surface area (Å²) >= 11 is 0. The summed E-state index contributed by atoms with van der Waals surface area (Å²) in [7, 11) is 0. The van der Waals surface area contributed by atoms with Gasteiger partial charge in [0.25, 0.3) is 0 Å². The molecule has 0 bridgehead atoms. The zero-order valence-corrected chi connectivity index (χ0v) is 13.6. The maximum absolute atomic E-state index is 10.1. The number of aliphatic hydroxyl groups is 6. The summed E-state index contributed by atoms with van der Waals surface area (Å²) in [5, 5.41) is 60.0. The Hall–Kier alpha value is -1.93. The lowest BCUT2D eigenvalue weighted by Crippen LogP contribution is -2.35. The second-order valence-electron chi connectivity index (χ2n) is 5.97. The van der Waals surface area contributed by atoms with Gasteiger partial charge in [-0.2, -0.15) is 0 Å². The molecule has 0 spiro atoms. The molecule has 3 unspecified atom stereocenters. The number of anilines is 1. The summed E-state index contributed by atoms with van der Waals surface area (Å²) in [6.07, 6.45) is -4.37. The fraction of sp³-hybridized carbons (Fsp3) is 0.643. The Morgan fingerprint density at radius 2 is 1.88 bits per heavy atom. The van der Waals surface area contributed by atoms with Crippen LogP contribution in [0.5, 0.6) is 0 Å². The molecule has 12 heteroatoms. The van der Waals surface area contributed by atoms with Gasteiger partial charge in [-0.3, -0.25) is 4.57 Å². The van der Waals surface area contributed by atoms with Crippen molar-refractivity contribution < 1.29 is 35.4 Å². The number of aliphatic hydroxyl groups excluding tert-OH is 6. The van der Waals surface area contributed by atoms with Crippen molar-refractivity contribution in [1.29, 1.82) is 0 Å². The van der Waals surface area contributed by atoms with Crippen molar-refractivity contribution in [3.8, 4) is 0 Å². The molecule has 0 saturated carbocycles. The highest BCUT2D eigenvalue weighted by Gasteiger charge is 2.44. The summed E-state index contributed by atoms with van der Waals surface area (Å²) in [5.41, 5.74) is 0.616. The third-order valence-corrected chi connectivity index (χ3v) is 4.26. The van der Waals surface area contributed by atoms with Crippen LogP contribution in [0.3, 0.4) is 0 Å². The monoisotopic (exact) mass is 371 g/mol. The topological polar surface area (TPSA) is 186 Å². The van der Waals surface area contributed by atoms with Gasteiger partial charge in [0, 0.05) is 6.54 Å². The van der Waals surface area contributed by atoms with E-state index in [1.54, 1.807) is 0 Å². The van der Waals surface area contributed by atoms with Crippen LogP contribution in [0, 0.1) is 0 Å². The maximum atomic E-state index is 10.1. The quantitative estimate of drug-likeness (QED) is 0.257. The fourth-order valence-corrected chi connectivity index (χ4v) is 2.74. The number of hydrogen-bond acceptors (Lipinski definition) is 11. The van der Waals surface area contributed by atoms with Crippen molar-refractivity contribution in [1.82, 2.24) is 19.5 Å². The number of aromatic nitrogens is 4. The Balaban J connectivity index is 1.83. The van der Waals surface area contributed by atoms with Crippen LogP contribution in [-0.4, -0.2) is 100 Å². The molecule has 3 rings (SSSR count). The van der Waals surface area contributed by atoms with Gasteiger partial charge >= 0.3 is 0 Å². The van der Waals surface area contributed by atoms with Crippen LogP contribution in [0.1, 0.15) is 6.23 Å². The molecule has 3 heterocycles. The molecular weight excluding hydrogens is 350 g/mol. The number of ether oxygens (including phenoxy) is 1. The van der Waals surface area contributed by atoms with Crippen LogP contribution >= 0.6 is 0 Å². The molecule has 12 nitrogen and oxygen atoms in total. The standard InChI is InChI=1S/C14H21N5O7/c20-2-7(23)6(22)1-15-12-9-13(17-4-16-12)19(5-18-9)14-11(25)10(24)8(3-21)26-14/h4-8,10-11,14,20-25H,1-3H2,(H,15,16,17)/t6?,7?,8-,10-,11-,14?/m1/s1. The number of fused-ring (bicyclic) bond motifs is 1. The van der Waals surface area contributed by atoms with E-state index in [0.29, 0.717) is 11.2 Å². The van der Waals surface area contributed by atoms with E-state index in [4.69, 9.17) is 9.84 Å². The first-order valence-corrected chi connectivity index (χ1v) is 7.98. The Morgan fingerprint density at radius 1 is 1.12 bits per heavy atom. The van der Waals surface area contributed by atoms with Crippen LogP contribution in [0.4, 0.5) is 5.82 Å². The van der Waals surface area contributed by atoms with Gasteiger partial charge in [0.15, 0.2) is 23.2 Å². The molecule has 1 aliphatic heterocycles. The molecule has 0 aromatic carbocycles. The largest absolute Gasteiger partial charge is 0.394 e. The zero-order chi connectivity index (χ0) is 18.8. The van der Waals surface area contributed by atoms with Crippen molar-refractivity contribution in [3.05, 3.63) is 12.7 Å². The van der Waals surface area contributed by atoms with Gasteiger partial charge < -0.3 is 40.7 Å². The average Bonchev–Trinajstić information content (AvgIpc) is 3.20. The van der Waals surface area contributed by atoms with Crippen molar-refractivity contribution >= 4 is 17.0 Å². The molecule has 1 saturated heterocycles. The molecule has 1 fully saturated rings. The molecule has 1 aliphatic rings. The minimum absolute atomic E-state index is 0.0887. The summed E-state index contributed by atoms with van der Waals surface area (Å²) in [6, 6.07) is 0. The second kappa shape index (κ2) is 7.75. The highest BCUT2D eigenvalue weighted by Crippen LogP contribution is 2.32. The summed E-state index contributed by atoms with van der Waals surface area (Å²) in [4.78, 5) is 12.3. The van der Waals surface area contributed by atoms with Crippen LogP contribution < -0.4 is 5.32 Å². The van der Waals surface area contributed by atoms with E-state index in [1.165, 1.54) is 17.2 Å². The molecule has 0 amide bonds. The van der Waals surface area contributed by atoms with E-state index in [2.05, 4.69) is 20.3 Å². The Morgan fingerprint density at radius 3 is 2.54 bits per heavy atom. The van der Waals surface area contributed by atoms with Crippen molar-refractivity contribution in [3.63, 3.8) is 0 Å². The second-order valence-corrected chi connectivity index (χ2v) is 5.97. The molecule has 6 atom stereocenters. The number of nitrogens with one attached hydrogen (secondary N) is 1. The van der Waals surface area contributed by atoms with E-state index in [9.17, 15) is 25.5 Å². The predicted octanol–water partition coefficient (Wildman–Crippen LogP) is -3.44. The highest BCUT2D eigenvalue weighted by molar-refractivity contribution is 5.82. The highest BCUT2D eigenvalue weighted by atomic mass is 16.6. The van der Waals surface area contributed by atoms with Crippen LogP contribution in [0.15, 0.2) is 12.7 Å². The molecule has 2 aromatic rings. The minimum Gasteiger partial charge on any atom is -0.394 e. The van der Waals surface area contributed by atoms with Crippen LogP contribution in [0.25, 0.3) is 11.2 Å². The molecule has 0 aliphatic carbocycles. The van der Waals surface area contributed by atoms with Gasteiger partial charge in [-0.05, 0) is 0 Å². The summed E-state index contributed by atoms with van der Waals surface area (Å²) < 4.78 is 6.87. The third-order valence-electron chi connectivity index (χ3n) is 4.26. The SMILES string of the molecule is OCC(O)C(O)CNc1ncnc2c1ncn2C1O[C@H](CO)[C@@H](O)[C@H]1O. The Bertz CT molecular complexity index is 744. The number of nitrogens with zero attached hydrogens (tertiary/aromatic N) is 4. The van der Waals surface area contributed by atoms with E-state index >= 15 is 0 Å². The first-order chi connectivity index (χ1) is 12.5.